The van der Waals surface area contributed by atoms with Gasteiger partial charge in [0, 0.05) is 44.0 Å². The number of ether oxygens (including phenoxy) is 1. The van der Waals surface area contributed by atoms with E-state index in [2.05, 4.69) is 11.8 Å². The molecule has 2 aliphatic heterocycles. The molecule has 5 nitrogen and oxygen atoms in total. The van der Waals surface area contributed by atoms with Gasteiger partial charge in [-0.3, -0.25) is 9.47 Å². The lowest BCUT2D eigenvalue weighted by Crippen LogP contribution is -2.53. The molecular weight excluding hydrogens is 323 g/mol. The van der Waals surface area contributed by atoms with Crippen molar-refractivity contribution in [3.63, 3.8) is 0 Å². The number of hydrogen-bond donors (Lipinski definition) is 0. The van der Waals surface area contributed by atoms with E-state index in [-0.39, 0.29) is 23.2 Å². The molecule has 4 rings (SSSR count). The number of nitrogens with zero attached hydrogens (tertiary/aromatic N) is 2. The molecule has 2 aliphatic rings. The zero-order chi connectivity index (χ0) is 17.6. The minimum Gasteiger partial charge on any atom is -0.408 e. The van der Waals surface area contributed by atoms with E-state index in [1.807, 2.05) is 0 Å². The molecule has 0 N–H and O–H groups in total. The largest absolute Gasteiger partial charge is 0.420 e. The quantitative estimate of drug-likeness (QED) is 0.836. The fourth-order valence-electron chi connectivity index (χ4n) is 4.30. The van der Waals surface area contributed by atoms with Gasteiger partial charge in [0.1, 0.15) is 5.82 Å². The van der Waals surface area contributed by atoms with Crippen molar-refractivity contribution >= 4 is 11.1 Å². The second kappa shape index (κ2) is 6.25. The highest BCUT2D eigenvalue weighted by atomic mass is 19.1. The van der Waals surface area contributed by atoms with Crippen molar-refractivity contribution in [3.05, 3.63) is 34.1 Å². The van der Waals surface area contributed by atoms with E-state index in [0.29, 0.717) is 16.7 Å². The first kappa shape index (κ1) is 16.8. The summed E-state index contributed by atoms with van der Waals surface area (Å²) in [5, 5.41) is 0. The number of piperidine rings is 1. The summed E-state index contributed by atoms with van der Waals surface area (Å²) in [6, 6.07) is 3.15. The predicted molar refractivity (Wildman–Crippen MR) is 93.5 cm³/mol. The van der Waals surface area contributed by atoms with Crippen LogP contribution in [0.2, 0.25) is 0 Å². The number of rotatable bonds is 2. The number of likely N-dealkylation sites (tertiary alicyclic amines) is 1. The van der Waals surface area contributed by atoms with Crippen LogP contribution < -0.4 is 5.76 Å². The molecule has 136 valence electrons. The van der Waals surface area contributed by atoms with Crippen molar-refractivity contribution in [3.8, 4) is 0 Å². The summed E-state index contributed by atoms with van der Waals surface area (Å²) in [5.74, 6) is -0.716. The molecule has 0 radical (unpaired) electrons. The molecule has 0 aliphatic carbocycles. The molecule has 25 heavy (non-hydrogen) atoms. The van der Waals surface area contributed by atoms with Crippen LogP contribution in [0.1, 0.15) is 44.2 Å². The highest BCUT2D eigenvalue weighted by Gasteiger charge is 2.36. The third-order valence-corrected chi connectivity index (χ3v) is 6.06. The summed E-state index contributed by atoms with van der Waals surface area (Å²) >= 11 is 0. The first-order valence-electron chi connectivity index (χ1n) is 9.12. The van der Waals surface area contributed by atoms with Crippen LogP contribution >= 0.6 is 0 Å². The van der Waals surface area contributed by atoms with Gasteiger partial charge in [0.25, 0.3) is 0 Å². The smallest absolute Gasteiger partial charge is 0.408 e. The Morgan fingerprint density at radius 3 is 2.56 bits per heavy atom. The van der Waals surface area contributed by atoms with Crippen LogP contribution in [-0.4, -0.2) is 41.3 Å². The normalized spacial score (nSPS) is 22.5. The molecule has 0 spiro atoms. The third-order valence-electron chi connectivity index (χ3n) is 6.06. The number of aryl methyl sites for hydroxylation is 1. The van der Waals surface area contributed by atoms with Gasteiger partial charge in [-0.25, -0.2) is 9.18 Å². The maximum atomic E-state index is 13.7. The summed E-state index contributed by atoms with van der Waals surface area (Å²) in [5.41, 5.74) is 1.78. The molecule has 0 saturated carbocycles. The van der Waals surface area contributed by atoms with Gasteiger partial charge in [0.15, 0.2) is 5.58 Å². The monoisotopic (exact) mass is 348 g/mol. The van der Waals surface area contributed by atoms with E-state index in [4.69, 9.17) is 9.15 Å². The molecule has 3 heterocycles. The van der Waals surface area contributed by atoms with Gasteiger partial charge in [-0.1, -0.05) is 0 Å². The van der Waals surface area contributed by atoms with Crippen LogP contribution in [0.4, 0.5) is 4.39 Å². The lowest BCUT2D eigenvalue weighted by molar-refractivity contribution is -0.0313. The van der Waals surface area contributed by atoms with Crippen molar-refractivity contribution in [1.29, 1.82) is 0 Å². The molecule has 6 heteroatoms. The Morgan fingerprint density at radius 2 is 1.88 bits per heavy atom. The summed E-state index contributed by atoms with van der Waals surface area (Å²) in [6.07, 6.45) is 3.93. The molecule has 1 aromatic carbocycles. The van der Waals surface area contributed by atoms with Crippen LogP contribution in [0.25, 0.3) is 11.1 Å². The minimum atomic E-state index is -0.379. The van der Waals surface area contributed by atoms with Gasteiger partial charge in [0.2, 0.25) is 0 Å². The first-order chi connectivity index (χ1) is 12.0. The zero-order valence-corrected chi connectivity index (χ0v) is 14.9. The van der Waals surface area contributed by atoms with Gasteiger partial charge in [-0.05, 0) is 51.2 Å². The molecule has 0 bridgehead atoms. The van der Waals surface area contributed by atoms with E-state index in [0.717, 1.165) is 52.0 Å². The predicted octanol–water partition coefficient (Wildman–Crippen LogP) is 3.25. The van der Waals surface area contributed by atoms with Crippen LogP contribution in [0.3, 0.4) is 0 Å². The first-order valence-corrected chi connectivity index (χ1v) is 9.12. The maximum Gasteiger partial charge on any atom is 0.420 e. The second-order valence-corrected chi connectivity index (χ2v) is 7.63. The average Bonchev–Trinajstić information content (AvgIpc) is 2.91. The van der Waals surface area contributed by atoms with Crippen molar-refractivity contribution in [1.82, 2.24) is 9.47 Å². The fraction of sp³-hybridized carbons (Fsp3) is 0.632. The highest BCUT2D eigenvalue weighted by Crippen LogP contribution is 2.34. The molecule has 2 fully saturated rings. The maximum absolute atomic E-state index is 13.7. The van der Waals surface area contributed by atoms with E-state index in [1.165, 1.54) is 6.07 Å². The summed E-state index contributed by atoms with van der Waals surface area (Å²) < 4.78 is 26.3. The lowest BCUT2D eigenvalue weighted by atomic mass is 9.87. The van der Waals surface area contributed by atoms with Crippen LogP contribution in [0.15, 0.2) is 21.3 Å². The lowest BCUT2D eigenvalue weighted by Gasteiger charge is -2.47. The summed E-state index contributed by atoms with van der Waals surface area (Å²) in [4.78, 5) is 14.9. The Labute approximate surface area is 146 Å². The second-order valence-electron chi connectivity index (χ2n) is 7.63. The molecule has 0 amide bonds. The molecule has 0 unspecified atom stereocenters. The molecule has 1 aromatic heterocycles. The van der Waals surface area contributed by atoms with E-state index in [9.17, 15) is 9.18 Å². The summed E-state index contributed by atoms with van der Waals surface area (Å²) in [6.45, 7) is 7.60. The zero-order valence-electron chi connectivity index (χ0n) is 14.9. The Kier molecular flexibility index (Phi) is 4.20. The fourth-order valence-corrected chi connectivity index (χ4v) is 4.30. The van der Waals surface area contributed by atoms with Crippen molar-refractivity contribution in [2.45, 2.75) is 51.1 Å². The van der Waals surface area contributed by atoms with Gasteiger partial charge in [0.05, 0.1) is 5.52 Å². The van der Waals surface area contributed by atoms with Crippen molar-refractivity contribution < 1.29 is 13.5 Å². The Morgan fingerprint density at radius 1 is 1.20 bits per heavy atom. The molecular formula is C19H25FN2O3. The topological polar surface area (TPSA) is 47.6 Å². The standard InChI is InChI=1S/C19H25FN2O3/c1-13-11-16-17(12-15(13)20)25-18(23)22(16)14-3-7-21(8-4-14)19(2)5-9-24-10-6-19/h11-12,14H,3-10H2,1-2H3. The number of fused-ring (bicyclic) bond motifs is 1. The van der Waals surface area contributed by atoms with Gasteiger partial charge >= 0.3 is 5.76 Å². The molecule has 0 atom stereocenters. The third kappa shape index (κ3) is 2.91. The van der Waals surface area contributed by atoms with Gasteiger partial charge in [-0.2, -0.15) is 0 Å². The average molecular weight is 348 g/mol. The van der Waals surface area contributed by atoms with Gasteiger partial charge in [-0.15, -0.1) is 0 Å². The molecule has 2 saturated heterocycles. The number of hydrogen-bond acceptors (Lipinski definition) is 4. The SMILES string of the molecule is Cc1cc2c(cc1F)oc(=O)n2C1CCN(C2(C)CCOCC2)CC1. The van der Waals surface area contributed by atoms with E-state index < -0.39 is 0 Å². The highest BCUT2D eigenvalue weighted by molar-refractivity contribution is 5.74. The van der Waals surface area contributed by atoms with Crippen molar-refractivity contribution in [2.75, 3.05) is 26.3 Å². The van der Waals surface area contributed by atoms with E-state index in [1.54, 1.807) is 17.6 Å². The number of aromatic nitrogens is 1. The van der Waals surface area contributed by atoms with E-state index >= 15 is 0 Å². The van der Waals surface area contributed by atoms with Crippen LogP contribution in [-0.2, 0) is 4.74 Å². The number of benzene rings is 1. The van der Waals surface area contributed by atoms with Gasteiger partial charge < -0.3 is 9.15 Å². The summed E-state index contributed by atoms with van der Waals surface area (Å²) in [7, 11) is 0. The van der Waals surface area contributed by atoms with Crippen LogP contribution in [0.5, 0.6) is 0 Å². The molecule has 2 aromatic rings. The Bertz CT molecular complexity index is 827. The number of halogens is 1. The van der Waals surface area contributed by atoms with Crippen LogP contribution in [0, 0.1) is 12.7 Å². The number of oxazole rings is 1. The minimum absolute atomic E-state index is 0.110. The Hall–Kier alpha value is -1.66. The van der Waals surface area contributed by atoms with Crippen molar-refractivity contribution in [2.24, 2.45) is 0 Å². The Balaban J connectivity index is 1.57.